The lowest BCUT2D eigenvalue weighted by molar-refractivity contribution is -0.121. The second-order valence-electron chi connectivity index (χ2n) is 5.52. The second-order valence-corrected chi connectivity index (χ2v) is 7.35. The van der Waals surface area contributed by atoms with Gasteiger partial charge in [0.05, 0.1) is 12.2 Å². The summed E-state index contributed by atoms with van der Waals surface area (Å²) >= 11 is 0. The molecule has 1 amide bonds. The highest BCUT2D eigenvalue weighted by Crippen LogP contribution is 2.31. The molecule has 0 bridgehead atoms. The Morgan fingerprint density at radius 3 is 2.72 bits per heavy atom. The van der Waals surface area contributed by atoms with Crippen molar-refractivity contribution in [3.63, 3.8) is 0 Å². The molecular formula is C13H16BFN2O7S. The average Bonchev–Trinajstić information content (AvgIpc) is 2.46. The van der Waals surface area contributed by atoms with Gasteiger partial charge < -0.3 is 20.1 Å². The van der Waals surface area contributed by atoms with Gasteiger partial charge in [0, 0.05) is 13.0 Å². The van der Waals surface area contributed by atoms with Gasteiger partial charge in [-0.15, -0.1) is 0 Å². The molecule has 1 atom stereocenters. The van der Waals surface area contributed by atoms with Crippen molar-refractivity contribution < 1.29 is 37.2 Å². The maximum absolute atomic E-state index is 13.6. The molecule has 1 aromatic carbocycles. The SMILES string of the molecule is CS(=O)(=O)NCCC(=O)NC1Cc2ccc(F)c(C(=O)O)c2OB1O. The summed E-state index contributed by atoms with van der Waals surface area (Å²) in [5, 5.41) is 21.5. The lowest BCUT2D eigenvalue weighted by Crippen LogP contribution is -2.53. The van der Waals surface area contributed by atoms with Gasteiger partial charge in [0.2, 0.25) is 15.9 Å². The zero-order valence-electron chi connectivity index (χ0n) is 13.2. The number of benzene rings is 1. The first-order valence-electron chi connectivity index (χ1n) is 7.22. The highest BCUT2D eigenvalue weighted by molar-refractivity contribution is 7.88. The van der Waals surface area contributed by atoms with Crippen LogP contribution in [0.25, 0.3) is 0 Å². The summed E-state index contributed by atoms with van der Waals surface area (Å²) in [7, 11) is -4.99. The van der Waals surface area contributed by atoms with Gasteiger partial charge in [-0.05, 0) is 18.1 Å². The van der Waals surface area contributed by atoms with Crippen molar-refractivity contribution in [2.75, 3.05) is 12.8 Å². The summed E-state index contributed by atoms with van der Waals surface area (Å²) in [5.41, 5.74) is -0.359. The van der Waals surface area contributed by atoms with Gasteiger partial charge in [-0.1, -0.05) is 6.07 Å². The number of carboxylic acids is 1. The van der Waals surface area contributed by atoms with Crippen molar-refractivity contribution in [2.45, 2.75) is 18.8 Å². The fourth-order valence-electron chi connectivity index (χ4n) is 2.39. The zero-order chi connectivity index (χ0) is 18.8. The number of rotatable bonds is 6. The molecule has 0 saturated heterocycles. The van der Waals surface area contributed by atoms with E-state index in [1.807, 2.05) is 0 Å². The number of hydrogen-bond donors (Lipinski definition) is 4. The van der Waals surface area contributed by atoms with Crippen LogP contribution in [-0.2, 0) is 21.2 Å². The predicted molar refractivity (Wildman–Crippen MR) is 85.1 cm³/mol. The second kappa shape index (κ2) is 7.37. The molecule has 1 aliphatic rings. The van der Waals surface area contributed by atoms with Crippen LogP contribution < -0.4 is 14.7 Å². The Morgan fingerprint density at radius 2 is 2.12 bits per heavy atom. The van der Waals surface area contributed by atoms with Crippen LogP contribution in [0, 0.1) is 5.82 Å². The third-order valence-corrected chi connectivity index (χ3v) is 4.22. The summed E-state index contributed by atoms with van der Waals surface area (Å²) in [6.07, 6.45) is 0.828. The number of amides is 1. The monoisotopic (exact) mass is 374 g/mol. The molecule has 0 fully saturated rings. The Balaban J connectivity index is 2.06. The standard InChI is InChI=1S/C13H16BFN2O7S/c1-25(22,23)16-5-4-10(18)17-9-6-7-2-3-8(15)11(13(19)20)12(7)24-14(9)21/h2-3,9,16,21H,4-6H2,1H3,(H,17,18)(H,19,20). The van der Waals surface area contributed by atoms with Crippen LogP contribution in [0.1, 0.15) is 22.3 Å². The molecular weight excluding hydrogens is 358 g/mol. The van der Waals surface area contributed by atoms with Crippen LogP contribution in [0.2, 0.25) is 0 Å². The summed E-state index contributed by atoms with van der Waals surface area (Å²) in [5.74, 6) is -4.22. The molecule has 2 rings (SSSR count). The predicted octanol–water partition coefficient (Wildman–Crippen LogP) is -1.10. The number of aromatic carboxylic acids is 1. The van der Waals surface area contributed by atoms with E-state index >= 15 is 0 Å². The summed E-state index contributed by atoms with van der Waals surface area (Å²) in [6, 6.07) is 2.28. The molecule has 0 saturated carbocycles. The number of carboxylic acid groups (broad SMARTS) is 1. The molecule has 1 aliphatic heterocycles. The van der Waals surface area contributed by atoms with E-state index in [2.05, 4.69) is 10.0 Å². The normalized spacial score (nSPS) is 16.8. The van der Waals surface area contributed by atoms with Crippen LogP contribution in [0.3, 0.4) is 0 Å². The van der Waals surface area contributed by atoms with Gasteiger partial charge in [0.15, 0.2) is 0 Å². The zero-order valence-corrected chi connectivity index (χ0v) is 14.0. The average molecular weight is 374 g/mol. The molecule has 0 aromatic heterocycles. The molecule has 1 unspecified atom stereocenters. The van der Waals surface area contributed by atoms with E-state index in [0.29, 0.717) is 5.56 Å². The van der Waals surface area contributed by atoms with Gasteiger partial charge in [-0.2, -0.15) is 0 Å². The molecule has 0 aliphatic carbocycles. The molecule has 9 nitrogen and oxygen atoms in total. The van der Waals surface area contributed by atoms with E-state index in [0.717, 1.165) is 12.3 Å². The van der Waals surface area contributed by atoms with E-state index in [-0.39, 0.29) is 25.1 Å². The van der Waals surface area contributed by atoms with Gasteiger partial charge >= 0.3 is 13.1 Å². The van der Waals surface area contributed by atoms with E-state index < -0.39 is 46.3 Å². The van der Waals surface area contributed by atoms with Crippen molar-refractivity contribution in [1.29, 1.82) is 0 Å². The summed E-state index contributed by atoms with van der Waals surface area (Å²) < 4.78 is 42.7. The largest absolute Gasteiger partial charge is 0.547 e. The molecule has 1 aromatic rings. The fourth-order valence-corrected chi connectivity index (χ4v) is 2.86. The van der Waals surface area contributed by atoms with E-state index in [9.17, 15) is 27.4 Å². The Hall–Kier alpha value is -2.18. The lowest BCUT2D eigenvalue weighted by Gasteiger charge is -2.29. The smallest absolute Gasteiger partial charge is 0.534 e. The molecule has 0 radical (unpaired) electrons. The fraction of sp³-hybridized carbons (Fsp3) is 0.385. The van der Waals surface area contributed by atoms with Crippen LogP contribution in [0.15, 0.2) is 12.1 Å². The number of hydrogen-bond acceptors (Lipinski definition) is 6. The quantitative estimate of drug-likeness (QED) is 0.463. The molecule has 25 heavy (non-hydrogen) atoms. The van der Waals surface area contributed by atoms with Gasteiger partial charge in [-0.3, -0.25) is 4.79 Å². The van der Waals surface area contributed by atoms with Crippen LogP contribution in [0.4, 0.5) is 4.39 Å². The molecule has 12 heteroatoms. The summed E-state index contributed by atoms with van der Waals surface area (Å²) in [6.45, 7) is -0.112. The van der Waals surface area contributed by atoms with Crippen molar-refractivity contribution in [3.8, 4) is 5.75 Å². The minimum Gasteiger partial charge on any atom is -0.534 e. The van der Waals surface area contributed by atoms with Gasteiger partial charge in [0.1, 0.15) is 17.1 Å². The number of fused-ring (bicyclic) bond motifs is 1. The third kappa shape index (κ3) is 4.90. The third-order valence-electron chi connectivity index (χ3n) is 3.49. The van der Waals surface area contributed by atoms with E-state index in [1.165, 1.54) is 6.07 Å². The highest BCUT2D eigenvalue weighted by Gasteiger charge is 2.38. The van der Waals surface area contributed by atoms with Crippen molar-refractivity contribution in [1.82, 2.24) is 10.0 Å². The van der Waals surface area contributed by atoms with Gasteiger partial charge in [-0.25, -0.2) is 22.3 Å². The van der Waals surface area contributed by atoms with Crippen molar-refractivity contribution in [3.05, 3.63) is 29.1 Å². The van der Waals surface area contributed by atoms with Crippen LogP contribution >= 0.6 is 0 Å². The van der Waals surface area contributed by atoms with Crippen molar-refractivity contribution >= 4 is 29.0 Å². The number of sulfonamides is 1. The lowest BCUT2D eigenvalue weighted by atomic mass is 9.72. The Morgan fingerprint density at radius 1 is 1.44 bits per heavy atom. The maximum atomic E-state index is 13.6. The molecule has 136 valence electrons. The van der Waals surface area contributed by atoms with E-state index in [4.69, 9.17) is 9.76 Å². The molecule has 1 heterocycles. The number of carbonyl (C=O) groups excluding carboxylic acids is 1. The Labute approximate surface area is 143 Å². The Kier molecular flexibility index (Phi) is 5.65. The molecule has 0 spiro atoms. The first-order chi connectivity index (χ1) is 11.6. The molecule has 4 N–H and O–H groups in total. The van der Waals surface area contributed by atoms with Crippen LogP contribution in [-0.4, -0.2) is 56.3 Å². The number of halogens is 1. The van der Waals surface area contributed by atoms with Crippen molar-refractivity contribution in [2.24, 2.45) is 0 Å². The first-order valence-corrected chi connectivity index (χ1v) is 9.11. The Bertz CT molecular complexity index is 802. The maximum Gasteiger partial charge on any atom is 0.547 e. The highest BCUT2D eigenvalue weighted by atomic mass is 32.2. The topological polar surface area (TPSA) is 142 Å². The summed E-state index contributed by atoms with van der Waals surface area (Å²) in [4.78, 5) is 22.9. The minimum atomic E-state index is -3.42. The first kappa shape index (κ1) is 19.2. The van der Waals surface area contributed by atoms with Gasteiger partial charge in [0.25, 0.3) is 0 Å². The number of carbonyl (C=O) groups is 2. The van der Waals surface area contributed by atoms with E-state index in [1.54, 1.807) is 0 Å². The minimum absolute atomic E-state index is 0.0301. The van der Waals surface area contributed by atoms with Crippen LogP contribution in [0.5, 0.6) is 5.75 Å². The number of nitrogens with one attached hydrogen (secondary N) is 2.